The molecule has 1 amide bonds. The monoisotopic (exact) mass is 434 g/mol. The van der Waals surface area contributed by atoms with Gasteiger partial charge in [0.25, 0.3) is 0 Å². The molecule has 2 unspecified atom stereocenters. The van der Waals surface area contributed by atoms with Gasteiger partial charge in [-0.2, -0.15) is 5.10 Å². The number of pyridine rings is 1. The molecule has 2 aliphatic rings. The molecule has 32 heavy (non-hydrogen) atoms. The van der Waals surface area contributed by atoms with E-state index in [-0.39, 0.29) is 29.0 Å². The molecule has 2 fully saturated rings. The molecule has 5 rings (SSSR count). The molecule has 164 valence electrons. The van der Waals surface area contributed by atoms with Gasteiger partial charge in [-0.05, 0) is 24.8 Å². The summed E-state index contributed by atoms with van der Waals surface area (Å²) in [6.07, 6.45) is 6.97. The Morgan fingerprint density at radius 1 is 1.34 bits per heavy atom. The van der Waals surface area contributed by atoms with Crippen LogP contribution in [0.25, 0.3) is 10.9 Å². The lowest BCUT2D eigenvalue weighted by Gasteiger charge is -2.08. The number of methoxy groups -OCH3 is 1. The molecule has 2 N–H and O–H groups in total. The van der Waals surface area contributed by atoms with Crippen molar-refractivity contribution >= 4 is 28.4 Å². The normalized spacial score (nSPS) is 25.1. The number of ether oxygens (including phenoxy) is 1. The van der Waals surface area contributed by atoms with Crippen molar-refractivity contribution in [3.05, 3.63) is 35.8 Å². The minimum Gasteiger partial charge on any atom is -0.384 e. The van der Waals surface area contributed by atoms with E-state index in [4.69, 9.17) is 8.85 Å². The van der Waals surface area contributed by atoms with Crippen molar-refractivity contribution < 1.29 is 13.6 Å². The predicted molar refractivity (Wildman–Crippen MR) is 120 cm³/mol. The van der Waals surface area contributed by atoms with Crippen LogP contribution in [0.15, 0.2) is 24.7 Å². The van der Waals surface area contributed by atoms with E-state index in [1.165, 1.54) is 6.20 Å². The summed E-state index contributed by atoms with van der Waals surface area (Å²) in [4.78, 5) is 16.6. The van der Waals surface area contributed by atoms with E-state index in [2.05, 4.69) is 42.8 Å². The van der Waals surface area contributed by atoms with E-state index in [9.17, 15) is 4.79 Å². The highest BCUT2D eigenvalue weighted by molar-refractivity contribution is 5.97. The van der Waals surface area contributed by atoms with E-state index in [0.29, 0.717) is 35.4 Å². The van der Waals surface area contributed by atoms with Gasteiger partial charge in [0.05, 0.1) is 30.0 Å². The Labute approximate surface area is 190 Å². The van der Waals surface area contributed by atoms with Crippen LogP contribution in [0.3, 0.4) is 0 Å². The summed E-state index contributed by atoms with van der Waals surface area (Å²) in [5, 5.41) is 18.4. The summed E-state index contributed by atoms with van der Waals surface area (Å²) in [5.74, 6) is 7.22. The van der Waals surface area contributed by atoms with Crippen molar-refractivity contribution in [3.63, 3.8) is 0 Å². The minimum absolute atomic E-state index is 0.0246. The first-order chi connectivity index (χ1) is 16.7. The third-order valence-electron chi connectivity index (χ3n) is 6.00. The lowest BCUT2D eigenvalue weighted by atomic mass is 10.1. The molecule has 0 aliphatic heterocycles. The summed E-state index contributed by atoms with van der Waals surface area (Å²) < 4.78 is 29.7. The van der Waals surface area contributed by atoms with Crippen molar-refractivity contribution in [2.45, 2.75) is 25.8 Å². The molecule has 3 aromatic rings. The fourth-order valence-electron chi connectivity index (χ4n) is 3.86. The van der Waals surface area contributed by atoms with Crippen LogP contribution in [0.5, 0.6) is 0 Å². The summed E-state index contributed by atoms with van der Waals surface area (Å²) in [6.45, 7) is 0.271. The highest BCUT2D eigenvalue weighted by Gasteiger charge is 2.40. The van der Waals surface area contributed by atoms with Gasteiger partial charge < -0.3 is 15.4 Å². The van der Waals surface area contributed by atoms with Crippen LogP contribution in [0, 0.1) is 29.6 Å². The van der Waals surface area contributed by atoms with Crippen molar-refractivity contribution in [1.29, 1.82) is 0 Å². The Morgan fingerprint density at radius 2 is 2.22 bits per heavy atom. The smallest absolute Gasteiger partial charge is 0.228 e. The molecule has 4 atom stereocenters. The number of hydrogen-bond acceptors (Lipinski definition) is 7. The average molecular weight is 435 g/mol. The van der Waals surface area contributed by atoms with Crippen LogP contribution in [-0.2, 0) is 9.53 Å². The Bertz CT molecular complexity index is 1340. The Morgan fingerprint density at radius 3 is 3.00 bits per heavy atom. The number of nitrogens with zero attached hydrogens (tertiary/aromatic N) is 5. The van der Waals surface area contributed by atoms with Crippen molar-refractivity contribution in [1.82, 2.24) is 25.0 Å². The topological polar surface area (TPSA) is 107 Å². The Kier molecular flexibility index (Phi) is 4.38. The molecule has 3 heterocycles. The number of fused-ring (bicyclic) bond motifs is 1. The summed E-state index contributed by atoms with van der Waals surface area (Å²) in [5.41, 5.74) is 1.52. The molecule has 2 saturated carbocycles. The number of nitrogens with one attached hydrogen (secondary N) is 2. The van der Waals surface area contributed by atoms with Gasteiger partial charge in [0, 0.05) is 47.8 Å². The van der Waals surface area contributed by atoms with Crippen LogP contribution in [0.1, 0.15) is 41.0 Å². The highest BCUT2D eigenvalue weighted by atomic mass is 16.5. The SMILES string of the molecule is [2H]C([2H])([2H])Nc1ncc(C#Cc2cnn(C3CC3COC)c2)c2cc(NC(=O)[C@H]3C[C@H]3C)nnc12. The van der Waals surface area contributed by atoms with Gasteiger partial charge in [0.15, 0.2) is 11.6 Å². The van der Waals surface area contributed by atoms with E-state index in [1.807, 2.05) is 17.8 Å². The van der Waals surface area contributed by atoms with Crippen molar-refractivity contribution in [2.24, 2.45) is 17.8 Å². The average Bonchev–Trinajstić information content (AvgIpc) is 3.68. The lowest BCUT2D eigenvalue weighted by Crippen LogP contribution is -2.16. The Hall–Kier alpha value is -3.51. The molecular weight excluding hydrogens is 406 g/mol. The second kappa shape index (κ2) is 8.20. The van der Waals surface area contributed by atoms with Crippen LogP contribution in [0.2, 0.25) is 0 Å². The van der Waals surface area contributed by atoms with Crippen LogP contribution >= 0.6 is 0 Å². The van der Waals surface area contributed by atoms with Crippen LogP contribution in [-0.4, -0.2) is 51.6 Å². The quantitative estimate of drug-likeness (QED) is 0.574. The van der Waals surface area contributed by atoms with E-state index >= 15 is 0 Å². The Balaban J connectivity index is 1.45. The zero-order valence-corrected chi connectivity index (χ0v) is 17.8. The first kappa shape index (κ1) is 17.1. The van der Waals surface area contributed by atoms with E-state index in [1.54, 1.807) is 19.4 Å². The van der Waals surface area contributed by atoms with Gasteiger partial charge in [-0.25, -0.2) is 4.98 Å². The molecule has 9 heteroatoms. The number of carbonyl (C=O) groups is 1. The maximum atomic E-state index is 12.4. The number of anilines is 2. The lowest BCUT2D eigenvalue weighted by molar-refractivity contribution is -0.117. The fraction of sp³-hybridized carbons (Fsp3) is 0.435. The molecule has 9 nitrogen and oxygen atoms in total. The van der Waals surface area contributed by atoms with E-state index < -0.39 is 6.98 Å². The van der Waals surface area contributed by atoms with Crippen LogP contribution in [0.4, 0.5) is 11.6 Å². The highest BCUT2D eigenvalue weighted by Crippen LogP contribution is 2.42. The van der Waals surface area contributed by atoms with Gasteiger partial charge in [-0.1, -0.05) is 18.8 Å². The van der Waals surface area contributed by atoms with Gasteiger partial charge in [-0.15, -0.1) is 10.2 Å². The standard InChI is InChI=1S/C23H25N7O2/c1-13-6-17(13)23(31)27-20-8-18-15(10-25-22(24-2)21(18)29-28-20)5-4-14-9-26-30(11-14)19-7-16(19)12-32-3/h8-11,13,16-17,19H,6-7,12H2,1-3H3,(H,24,25)(H,27,28,31)/t13-,16?,17+,19?/m1/s1/i2D3. The van der Waals surface area contributed by atoms with E-state index in [0.717, 1.165) is 18.4 Å². The molecule has 0 radical (unpaired) electrons. The molecule has 0 aromatic carbocycles. The first-order valence-electron chi connectivity index (χ1n) is 12.0. The number of rotatable bonds is 6. The molecule has 0 bridgehead atoms. The molecule has 0 saturated heterocycles. The number of hydrogen-bond donors (Lipinski definition) is 2. The third-order valence-corrected chi connectivity index (χ3v) is 6.00. The maximum Gasteiger partial charge on any atom is 0.228 e. The van der Waals surface area contributed by atoms with Gasteiger partial charge in [0.2, 0.25) is 5.91 Å². The van der Waals surface area contributed by atoms with Crippen molar-refractivity contribution in [2.75, 3.05) is 31.3 Å². The minimum atomic E-state index is -2.46. The number of amides is 1. The first-order valence-corrected chi connectivity index (χ1v) is 10.5. The van der Waals surface area contributed by atoms with Crippen LogP contribution < -0.4 is 10.6 Å². The zero-order valence-electron chi connectivity index (χ0n) is 20.8. The van der Waals surface area contributed by atoms with Gasteiger partial charge >= 0.3 is 0 Å². The molecule has 0 spiro atoms. The third kappa shape index (κ3) is 4.01. The summed E-state index contributed by atoms with van der Waals surface area (Å²) >= 11 is 0. The fourth-order valence-corrected chi connectivity index (χ4v) is 3.86. The summed E-state index contributed by atoms with van der Waals surface area (Å²) in [6, 6.07) is 1.97. The number of carbonyl (C=O) groups excluding carboxylic acids is 1. The summed E-state index contributed by atoms with van der Waals surface area (Å²) in [7, 11) is 1.69. The molecular formula is C23H25N7O2. The maximum absolute atomic E-state index is 12.4. The number of aromatic nitrogens is 5. The molecule has 2 aliphatic carbocycles. The van der Waals surface area contributed by atoms with Crippen molar-refractivity contribution in [3.8, 4) is 11.8 Å². The largest absolute Gasteiger partial charge is 0.384 e. The van der Waals surface area contributed by atoms with Gasteiger partial charge in [0.1, 0.15) is 5.52 Å². The van der Waals surface area contributed by atoms with Gasteiger partial charge in [-0.3, -0.25) is 9.48 Å². The second-order valence-electron chi connectivity index (χ2n) is 8.42. The zero-order chi connectivity index (χ0) is 24.7. The predicted octanol–water partition coefficient (Wildman–Crippen LogP) is 2.46. The second-order valence-corrected chi connectivity index (χ2v) is 8.42. The molecule has 3 aromatic heterocycles.